The minimum absolute atomic E-state index is 0.0920. The van der Waals surface area contributed by atoms with E-state index in [0.717, 1.165) is 0 Å². The Morgan fingerprint density at radius 3 is 2.63 bits per heavy atom. The molecular formula is C12H15F4NO2. The van der Waals surface area contributed by atoms with Gasteiger partial charge in [-0.3, -0.25) is 0 Å². The maximum absolute atomic E-state index is 13.5. The van der Waals surface area contributed by atoms with Crippen LogP contribution in [0, 0.1) is 5.82 Å². The Labute approximate surface area is 108 Å². The van der Waals surface area contributed by atoms with Gasteiger partial charge >= 0.3 is 6.18 Å². The molecule has 0 aliphatic heterocycles. The highest BCUT2D eigenvalue weighted by molar-refractivity contribution is 5.34. The number of nitrogens with one attached hydrogen (secondary N) is 1. The Bertz CT molecular complexity index is 396. The second kappa shape index (κ2) is 7.30. The molecule has 0 aliphatic rings. The predicted octanol–water partition coefficient (Wildman–Crippen LogP) is 2.85. The second-order valence-electron chi connectivity index (χ2n) is 3.73. The van der Waals surface area contributed by atoms with Crippen molar-refractivity contribution in [2.45, 2.75) is 19.6 Å². The smallest absolute Gasteiger partial charge is 0.411 e. The molecule has 0 aliphatic carbocycles. The van der Waals surface area contributed by atoms with Crippen LogP contribution in [0.25, 0.3) is 0 Å². The van der Waals surface area contributed by atoms with Crippen molar-refractivity contribution in [1.82, 2.24) is 5.32 Å². The van der Waals surface area contributed by atoms with E-state index in [1.54, 1.807) is 6.07 Å². The Kier molecular flexibility index (Phi) is 6.04. The van der Waals surface area contributed by atoms with Gasteiger partial charge in [0.05, 0.1) is 0 Å². The minimum atomic E-state index is -4.43. The predicted molar refractivity (Wildman–Crippen MR) is 61.3 cm³/mol. The van der Waals surface area contributed by atoms with E-state index in [2.05, 4.69) is 10.1 Å². The van der Waals surface area contributed by atoms with Crippen molar-refractivity contribution in [3.63, 3.8) is 0 Å². The minimum Gasteiger partial charge on any atom is -0.464 e. The van der Waals surface area contributed by atoms with Crippen LogP contribution >= 0.6 is 0 Å². The molecule has 0 spiro atoms. The average Bonchev–Trinajstić information content (AvgIpc) is 2.32. The fourth-order valence-corrected chi connectivity index (χ4v) is 1.37. The Morgan fingerprint density at radius 1 is 1.26 bits per heavy atom. The lowest BCUT2D eigenvalue weighted by atomic mass is 10.2. The maximum Gasteiger partial charge on any atom is 0.411 e. The number of alkyl halides is 3. The first-order chi connectivity index (χ1) is 8.94. The third kappa shape index (κ3) is 5.89. The lowest BCUT2D eigenvalue weighted by molar-refractivity contribution is -0.187. The van der Waals surface area contributed by atoms with Crippen molar-refractivity contribution in [2.24, 2.45) is 0 Å². The monoisotopic (exact) mass is 281 g/mol. The van der Waals surface area contributed by atoms with Crippen molar-refractivity contribution in [3.05, 3.63) is 29.6 Å². The molecule has 0 radical (unpaired) electrons. The maximum atomic E-state index is 13.5. The van der Waals surface area contributed by atoms with Crippen LogP contribution in [0.1, 0.15) is 12.5 Å². The van der Waals surface area contributed by atoms with Crippen LogP contribution in [0.5, 0.6) is 5.75 Å². The van der Waals surface area contributed by atoms with E-state index in [9.17, 15) is 17.6 Å². The summed E-state index contributed by atoms with van der Waals surface area (Å²) in [5.74, 6) is -0.725. The summed E-state index contributed by atoms with van der Waals surface area (Å²) in [6.07, 6.45) is -4.43. The van der Waals surface area contributed by atoms with Gasteiger partial charge in [0.1, 0.15) is 6.61 Å². The first-order valence-electron chi connectivity index (χ1n) is 5.69. The first-order valence-corrected chi connectivity index (χ1v) is 5.69. The Balaban J connectivity index is 2.56. The topological polar surface area (TPSA) is 30.5 Å². The zero-order valence-electron chi connectivity index (χ0n) is 10.4. The average molecular weight is 281 g/mol. The molecule has 0 aromatic heterocycles. The third-order valence-electron chi connectivity index (χ3n) is 2.17. The van der Waals surface area contributed by atoms with Gasteiger partial charge in [0.15, 0.2) is 18.4 Å². The molecule has 7 heteroatoms. The summed E-state index contributed by atoms with van der Waals surface area (Å²) >= 11 is 0. The molecule has 0 heterocycles. The van der Waals surface area contributed by atoms with Crippen LogP contribution in [0.15, 0.2) is 18.2 Å². The number of rotatable bonds is 7. The summed E-state index contributed by atoms with van der Waals surface area (Å²) in [4.78, 5) is 0. The molecule has 19 heavy (non-hydrogen) atoms. The molecule has 0 saturated carbocycles. The van der Waals surface area contributed by atoms with Crippen LogP contribution < -0.4 is 10.1 Å². The van der Waals surface area contributed by atoms with Crippen molar-refractivity contribution < 1.29 is 27.0 Å². The van der Waals surface area contributed by atoms with Crippen molar-refractivity contribution >= 4 is 0 Å². The van der Waals surface area contributed by atoms with Gasteiger partial charge in [0.2, 0.25) is 0 Å². The quantitative estimate of drug-likeness (QED) is 0.473. The number of benzene rings is 1. The molecule has 1 aromatic rings. The lowest BCUT2D eigenvalue weighted by Gasteiger charge is -2.13. The molecule has 1 rings (SSSR count). The summed E-state index contributed by atoms with van der Waals surface area (Å²) in [6, 6.07) is 4.31. The summed E-state index contributed by atoms with van der Waals surface area (Å²) in [6.45, 7) is 0.846. The van der Waals surface area contributed by atoms with E-state index in [-0.39, 0.29) is 5.75 Å². The van der Waals surface area contributed by atoms with Crippen molar-refractivity contribution in [1.29, 1.82) is 0 Å². The number of ether oxygens (including phenoxy) is 2. The normalized spacial score (nSPS) is 11.6. The molecule has 0 atom stereocenters. The molecule has 1 aromatic carbocycles. The zero-order chi connectivity index (χ0) is 14.3. The van der Waals surface area contributed by atoms with Gasteiger partial charge in [-0.05, 0) is 12.6 Å². The van der Waals surface area contributed by atoms with Crippen molar-refractivity contribution in [3.8, 4) is 5.75 Å². The largest absolute Gasteiger partial charge is 0.464 e. The van der Waals surface area contributed by atoms with Crippen LogP contribution in [-0.4, -0.2) is 26.1 Å². The number of para-hydroxylation sites is 1. The van der Waals surface area contributed by atoms with Crippen molar-refractivity contribution in [2.75, 3.05) is 19.9 Å². The first kappa shape index (κ1) is 15.7. The van der Waals surface area contributed by atoms with E-state index >= 15 is 0 Å². The number of hydrogen-bond acceptors (Lipinski definition) is 3. The lowest BCUT2D eigenvalue weighted by Crippen LogP contribution is -2.20. The molecule has 108 valence electrons. The van der Waals surface area contributed by atoms with Crippen LogP contribution in [-0.2, 0) is 11.3 Å². The van der Waals surface area contributed by atoms with E-state index in [1.807, 2.05) is 6.92 Å². The molecule has 0 amide bonds. The Morgan fingerprint density at radius 2 is 2.00 bits per heavy atom. The second-order valence-corrected chi connectivity index (χ2v) is 3.73. The molecule has 0 saturated heterocycles. The molecular weight excluding hydrogens is 266 g/mol. The highest BCUT2D eigenvalue weighted by Crippen LogP contribution is 2.23. The molecule has 1 N–H and O–H groups in total. The standard InChI is InChI=1S/C12H15F4NO2/c1-2-17-6-9-4-3-5-10(13)11(9)19-8-18-7-12(14,15)16/h3-5,17H,2,6-8H2,1H3. The molecule has 0 unspecified atom stereocenters. The molecule has 0 fully saturated rings. The number of hydrogen-bond donors (Lipinski definition) is 1. The fourth-order valence-electron chi connectivity index (χ4n) is 1.37. The van der Waals surface area contributed by atoms with E-state index < -0.39 is 25.4 Å². The van der Waals surface area contributed by atoms with Gasteiger partial charge in [-0.15, -0.1) is 0 Å². The van der Waals surface area contributed by atoms with Gasteiger partial charge in [-0.2, -0.15) is 13.2 Å². The fraction of sp³-hybridized carbons (Fsp3) is 0.500. The van der Waals surface area contributed by atoms with Crippen LogP contribution in [0.3, 0.4) is 0 Å². The summed E-state index contributed by atoms with van der Waals surface area (Å²) in [7, 11) is 0. The van der Waals surface area contributed by atoms with E-state index in [0.29, 0.717) is 18.7 Å². The Hall–Kier alpha value is -1.34. The van der Waals surface area contributed by atoms with Crippen LogP contribution in [0.2, 0.25) is 0 Å². The highest BCUT2D eigenvalue weighted by Gasteiger charge is 2.27. The van der Waals surface area contributed by atoms with Gasteiger partial charge in [0, 0.05) is 12.1 Å². The third-order valence-corrected chi connectivity index (χ3v) is 2.17. The van der Waals surface area contributed by atoms with E-state index in [4.69, 9.17) is 4.74 Å². The number of halogens is 4. The van der Waals surface area contributed by atoms with Gasteiger partial charge < -0.3 is 14.8 Å². The highest BCUT2D eigenvalue weighted by atomic mass is 19.4. The molecule has 3 nitrogen and oxygen atoms in total. The summed E-state index contributed by atoms with van der Waals surface area (Å²) in [5.41, 5.74) is 0.525. The molecule has 0 bridgehead atoms. The SMILES string of the molecule is CCNCc1cccc(F)c1OCOCC(F)(F)F. The van der Waals surface area contributed by atoms with Gasteiger partial charge in [0.25, 0.3) is 0 Å². The van der Waals surface area contributed by atoms with Crippen LogP contribution in [0.4, 0.5) is 17.6 Å². The van der Waals surface area contributed by atoms with Gasteiger partial charge in [-0.25, -0.2) is 4.39 Å². The van der Waals surface area contributed by atoms with Gasteiger partial charge in [-0.1, -0.05) is 19.1 Å². The summed E-state index contributed by atoms with van der Waals surface area (Å²) < 4.78 is 58.2. The summed E-state index contributed by atoms with van der Waals surface area (Å²) in [5, 5.41) is 2.98. The van der Waals surface area contributed by atoms with E-state index in [1.165, 1.54) is 12.1 Å². The zero-order valence-corrected chi connectivity index (χ0v) is 10.4.